The van der Waals surface area contributed by atoms with Gasteiger partial charge in [-0.3, -0.25) is 14.6 Å². The fourth-order valence-electron chi connectivity index (χ4n) is 6.00. The zero-order chi connectivity index (χ0) is 32.7. The van der Waals surface area contributed by atoms with Crippen LogP contribution in [0.1, 0.15) is 70.3 Å². The minimum absolute atomic E-state index is 0.00563. The Labute approximate surface area is 258 Å². The van der Waals surface area contributed by atoms with Crippen molar-refractivity contribution >= 4 is 33.7 Å². The second-order valence-electron chi connectivity index (χ2n) is 11.9. The first-order valence-corrected chi connectivity index (χ1v) is 16.0. The molecule has 0 bridgehead atoms. The van der Waals surface area contributed by atoms with E-state index in [9.17, 15) is 40.7 Å². The van der Waals surface area contributed by atoms with Gasteiger partial charge in [-0.1, -0.05) is 6.07 Å². The number of carbonyl (C=O) groups excluding carboxylic acids is 2. The van der Waals surface area contributed by atoms with Crippen molar-refractivity contribution in [1.82, 2.24) is 14.5 Å². The summed E-state index contributed by atoms with van der Waals surface area (Å²) in [6, 6.07) is 6.42. The van der Waals surface area contributed by atoms with Gasteiger partial charge in [-0.05, 0) is 86.6 Å². The summed E-state index contributed by atoms with van der Waals surface area (Å²) in [5, 5.41) is 13.8. The third-order valence-electron chi connectivity index (χ3n) is 8.88. The Hall–Kier alpha value is -3.62. The molecule has 2 aromatic rings. The first-order chi connectivity index (χ1) is 21.2. The molecule has 2 aromatic carbocycles. The van der Waals surface area contributed by atoms with Crippen LogP contribution in [0.5, 0.6) is 0 Å². The van der Waals surface area contributed by atoms with Crippen LogP contribution in [0.2, 0.25) is 0 Å². The van der Waals surface area contributed by atoms with Crippen molar-refractivity contribution in [2.45, 2.75) is 57.1 Å². The number of amidine groups is 1. The summed E-state index contributed by atoms with van der Waals surface area (Å²) in [6.45, 7) is 3.12. The van der Waals surface area contributed by atoms with E-state index in [-0.39, 0.29) is 69.2 Å². The summed E-state index contributed by atoms with van der Waals surface area (Å²) >= 11 is 0. The van der Waals surface area contributed by atoms with Crippen LogP contribution in [0, 0.1) is 19.7 Å². The van der Waals surface area contributed by atoms with Crippen molar-refractivity contribution in [3.63, 3.8) is 0 Å². The fourth-order valence-corrected chi connectivity index (χ4v) is 7.17. The predicted molar refractivity (Wildman–Crippen MR) is 160 cm³/mol. The fraction of sp³-hybridized carbons (Fsp3) is 0.452. The molecule has 2 N–H and O–H groups in total. The van der Waals surface area contributed by atoms with E-state index >= 15 is 0 Å². The topological polar surface area (TPSA) is 119 Å². The van der Waals surface area contributed by atoms with Crippen LogP contribution in [-0.2, 0) is 14.8 Å². The Bertz CT molecular complexity index is 1660. The predicted octanol–water partition coefficient (Wildman–Crippen LogP) is 4.03. The first-order valence-electron chi connectivity index (χ1n) is 14.5. The molecule has 3 heterocycles. The molecule has 0 aliphatic carbocycles. The third kappa shape index (κ3) is 6.54. The van der Waals surface area contributed by atoms with Crippen LogP contribution in [0.25, 0.3) is 6.08 Å². The summed E-state index contributed by atoms with van der Waals surface area (Å²) in [5.74, 6) is -1.78. The smallest absolute Gasteiger partial charge is 0.266 e. The molecule has 5 rings (SSSR count). The van der Waals surface area contributed by atoms with E-state index in [1.54, 1.807) is 30.9 Å². The lowest BCUT2D eigenvalue weighted by atomic mass is 9.89. The van der Waals surface area contributed by atoms with Crippen LogP contribution < -0.4 is 5.32 Å². The molecule has 0 radical (unpaired) electrons. The van der Waals surface area contributed by atoms with E-state index in [0.717, 1.165) is 17.5 Å². The van der Waals surface area contributed by atoms with Crippen LogP contribution in [-0.4, -0.2) is 84.4 Å². The highest BCUT2D eigenvalue weighted by atomic mass is 32.2. The lowest BCUT2D eigenvalue weighted by Crippen LogP contribution is -2.50. The summed E-state index contributed by atoms with van der Waals surface area (Å²) in [4.78, 5) is 32.0. The minimum Gasteiger partial charge on any atom is -0.387 e. The number of aliphatic imine (C=N–C) groups is 1. The summed E-state index contributed by atoms with van der Waals surface area (Å²) in [7, 11) is -3.90. The molecule has 3 aliphatic heterocycles. The average molecular weight is 651 g/mol. The van der Waals surface area contributed by atoms with E-state index in [1.165, 1.54) is 16.4 Å². The molecular formula is C31H34F4N4O5S. The Morgan fingerprint density at radius 2 is 1.69 bits per heavy atom. The molecule has 2 fully saturated rings. The number of alkyl halides is 3. The number of nitrogens with zero attached hydrogens (tertiary/aromatic N) is 3. The number of hydrogen-bond acceptors (Lipinski definition) is 6. The maximum absolute atomic E-state index is 14.1. The van der Waals surface area contributed by atoms with Gasteiger partial charge in [0.25, 0.3) is 18.2 Å². The van der Waals surface area contributed by atoms with Crippen LogP contribution in [0.4, 0.5) is 17.6 Å². The Kier molecular flexibility index (Phi) is 8.95. The molecule has 3 aliphatic rings. The van der Waals surface area contributed by atoms with Crippen molar-refractivity contribution in [2.75, 3.05) is 32.9 Å². The second kappa shape index (κ2) is 12.3. The Morgan fingerprint density at radius 3 is 2.24 bits per heavy atom. The molecule has 242 valence electrons. The molecule has 14 heteroatoms. The van der Waals surface area contributed by atoms with E-state index in [4.69, 9.17) is 0 Å². The van der Waals surface area contributed by atoms with Gasteiger partial charge in [0, 0.05) is 42.7 Å². The number of rotatable bonds is 7. The van der Waals surface area contributed by atoms with E-state index in [0.29, 0.717) is 22.3 Å². The lowest BCUT2D eigenvalue weighted by molar-refractivity contribution is -0.124. The number of benzene rings is 2. The van der Waals surface area contributed by atoms with Crippen molar-refractivity contribution < 1.29 is 40.7 Å². The number of piperidine rings is 2. The number of likely N-dealkylation sites (tertiary alicyclic amines) is 1. The lowest BCUT2D eigenvalue weighted by Gasteiger charge is -2.36. The molecule has 0 unspecified atom stereocenters. The normalized spacial score (nSPS) is 20.2. The van der Waals surface area contributed by atoms with Crippen LogP contribution in [0.3, 0.4) is 0 Å². The standard InChI is InChI=1S/C31H34F4N4O5S/c1-19-15-22(28(40)38-10-6-30(42,18-32)7-11-38)16-20(2)23(19)5-14-45(43,44)39-12-8-31(9-13-39)29(41)36-27(37-31)21-3-4-24(26(34)35)25(33)17-21/h3-5,14-17,26,42H,6-13,18H2,1-2H3,(H,36,37,41)/b14-5+. The van der Waals surface area contributed by atoms with E-state index in [1.807, 2.05) is 0 Å². The van der Waals surface area contributed by atoms with Gasteiger partial charge in [-0.2, -0.15) is 4.31 Å². The maximum Gasteiger partial charge on any atom is 0.266 e. The summed E-state index contributed by atoms with van der Waals surface area (Å²) in [6.07, 6.45) is -1.07. The van der Waals surface area contributed by atoms with Gasteiger partial charge < -0.3 is 15.3 Å². The van der Waals surface area contributed by atoms with Gasteiger partial charge in [-0.15, -0.1) is 0 Å². The number of aliphatic hydroxyl groups is 1. The molecule has 0 aromatic heterocycles. The first kappa shape index (κ1) is 32.8. The second-order valence-corrected chi connectivity index (χ2v) is 13.7. The number of carbonyl (C=O) groups is 2. The summed E-state index contributed by atoms with van der Waals surface area (Å²) < 4.78 is 80.7. The van der Waals surface area contributed by atoms with Crippen molar-refractivity contribution in [1.29, 1.82) is 0 Å². The largest absolute Gasteiger partial charge is 0.387 e. The molecule has 2 amide bonds. The summed E-state index contributed by atoms with van der Waals surface area (Å²) in [5.41, 5.74) is -0.860. The van der Waals surface area contributed by atoms with Gasteiger partial charge in [-0.25, -0.2) is 26.0 Å². The SMILES string of the molecule is Cc1cc(C(=O)N2CCC(O)(CF)CC2)cc(C)c1/C=C/S(=O)(=O)N1CCC2(CC1)N=C(c1ccc(C(F)F)c(F)c1)NC2=O. The van der Waals surface area contributed by atoms with Gasteiger partial charge >= 0.3 is 0 Å². The number of hydrogen-bond donors (Lipinski definition) is 2. The Morgan fingerprint density at radius 1 is 1.07 bits per heavy atom. The number of halogens is 4. The molecule has 0 atom stereocenters. The number of aryl methyl sites for hydroxylation is 2. The highest BCUT2D eigenvalue weighted by Crippen LogP contribution is 2.33. The zero-order valence-corrected chi connectivity index (χ0v) is 25.6. The molecule has 0 saturated carbocycles. The molecule has 45 heavy (non-hydrogen) atoms. The average Bonchev–Trinajstić information content (AvgIpc) is 3.31. The van der Waals surface area contributed by atoms with Crippen LogP contribution >= 0.6 is 0 Å². The molecular weight excluding hydrogens is 616 g/mol. The molecule has 1 spiro atoms. The van der Waals surface area contributed by atoms with Gasteiger partial charge in [0.05, 0.1) is 11.2 Å². The third-order valence-corrected chi connectivity index (χ3v) is 10.4. The zero-order valence-electron chi connectivity index (χ0n) is 24.8. The van der Waals surface area contributed by atoms with Gasteiger partial charge in [0.2, 0.25) is 10.0 Å². The van der Waals surface area contributed by atoms with Gasteiger partial charge in [0.15, 0.2) is 0 Å². The van der Waals surface area contributed by atoms with Crippen LogP contribution in [0.15, 0.2) is 40.7 Å². The monoisotopic (exact) mass is 650 g/mol. The highest BCUT2D eigenvalue weighted by Gasteiger charge is 2.47. The minimum atomic E-state index is -3.90. The van der Waals surface area contributed by atoms with E-state index in [2.05, 4.69) is 10.3 Å². The molecule has 2 saturated heterocycles. The van der Waals surface area contributed by atoms with Crippen molar-refractivity contribution in [3.8, 4) is 0 Å². The van der Waals surface area contributed by atoms with Gasteiger partial charge in [0.1, 0.15) is 23.9 Å². The van der Waals surface area contributed by atoms with Crippen molar-refractivity contribution in [3.05, 3.63) is 74.9 Å². The number of sulfonamides is 1. The van der Waals surface area contributed by atoms with E-state index < -0.39 is 51.6 Å². The molecule has 9 nitrogen and oxygen atoms in total. The Balaban J connectivity index is 1.25. The quantitative estimate of drug-likeness (QED) is 0.439. The van der Waals surface area contributed by atoms with Crippen molar-refractivity contribution in [2.24, 2.45) is 4.99 Å². The number of nitrogens with one attached hydrogen (secondary N) is 1. The number of amides is 2. The highest BCUT2D eigenvalue weighted by molar-refractivity contribution is 7.92. The maximum atomic E-state index is 14.1.